The maximum Gasteiger partial charge on any atom is 0.155 e. The number of ketones is 1. The minimum atomic E-state index is -0.125. The molecule has 0 fully saturated rings. The molecule has 0 amide bonds. The molecule has 37 heavy (non-hydrogen) atoms. The fraction of sp³-hybridized carbons (Fsp3) is 0.250. The van der Waals surface area contributed by atoms with Crippen LogP contribution >= 0.6 is 11.3 Å². The molecule has 3 aromatic carbocycles. The van der Waals surface area contributed by atoms with Gasteiger partial charge >= 0.3 is 0 Å². The summed E-state index contributed by atoms with van der Waals surface area (Å²) >= 11 is 1.84. The molecule has 0 saturated carbocycles. The van der Waals surface area contributed by atoms with Gasteiger partial charge in [0, 0.05) is 57.4 Å². The molecule has 0 saturated heterocycles. The van der Waals surface area contributed by atoms with Crippen molar-refractivity contribution in [2.24, 2.45) is 0 Å². The number of fused-ring (bicyclic) bond motifs is 5. The standard InChI is InChI=1S/C27H24NS.C5H8O2.Ir/c1-16(2)18-13-19(17(3)4)15-20(14-18)26-27-25(21-9-5-7-11-23(21)28-26)22-10-6-8-12-24(22)29-27;1-4(6)3-5(2)7;/h5-14,16-17H,1-4H3;3,6H,1-2H3;/q-1;;/b;4-3-;. The van der Waals surface area contributed by atoms with Gasteiger partial charge in [-0.15, -0.1) is 46.2 Å². The second kappa shape index (κ2) is 12.1. The Morgan fingerprint density at radius 2 is 1.59 bits per heavy atom. The second-order valence-corrected chi connectivity index (χ2v) is 10.8. The fourth-order valence-corrected chi connectivity index (χ4v) is 5.52. The molecule has 0 unspecified atom stereocenters. The van der Waals surface area contributed by atoms with E-state index in [1.165, 1.54) is 56.6 Å². The van der Waals surface area contributed by atoms with Crippen molar-refractivity contribution in [1.29, 1.82) is 0 Å². The van der Waals surface area contributed by atoms with Crippen LogP contribution in [-0.4, -0.2) is 15.9 Å². The van der Waals surface area contributed by atoms with E-state index in [0.29, 0.717) is 11.8 Å². The van der Waals surface area contributed by atoms with Crippen molar-refractivity contribution in [2.45, 2.75) is 53.4 Å². The van der Waals surface area contributed by atoms with E-state index in [1.807, 2.05) is 11.3 Å². The largest absolute Gasteiger partial charge is 0.512 e. The smallest absolute Gasteiger partial charge is 0.155 e. The van der Waals surface area contributed by atoms with Gasteiger partial charge in [0.1, 0.15) is 0 Å². The second-order valence-electron chi connectivity index (χ2n) is 9.77. The Labute approximate surface area is 236 Å². The molecule has 193 valence electrons. The Balaban J connectivity index is 0.000000422. The van der Waals surface area contributed by atoms with Gasteiger partial charge in [-0.2, -0.15) is 0 Å². The van der Waals surface area contributed by atoms with Gasteiger partial charge in [-0.05, 0) is 37.8 Å². The SMILES string of the molecule is CC(=O)/C=C(/C)O.CC(C)c1[c-]c(-c2nc3ccccc3c3c2sc2ccccc23)cc(C(C)C)c1.[Ir]. The molecule has 0 aliphatic rings. The molecular weight excluding hydrogens is 655 g/mol. The van der Waals surface area contributed by atoms with Crippen molar-refractivity contribution < 1.29 is 30.0 Å². The van der Waals surface area contributed by atoms with Crippen LogP contribution in [0.25, 0.3) is 42.3 Å². The molecule has 5 heteroatoms. The number of pyridine rings is 1. The number of para-hydroxylation sites is 1. The van der Waals surface area contributed by atoms with Crippen LogP contribution in [0, 0.1) is 6.07 Å². The number of benzene rings is 3. The number of rotatable bonds is 4. The molecular formula is C32H32IrNO2S-. The van der Waals surface area contributed by atoms with Gasteiger partial charge in [0.2, 0.25) is 0 Å². The molecule has 1 radical (unpaired) electrons. The summed E-state index contributed by atoms with van der Waals surface area (Å²) in [4.78, 5) is 15.2. The predicted molar refractivity (Wildman–Crippen MR) is 154 cm³/mol. The molecule has 5 rings (SSSR count). The molecule has 0 bridgehead atoms. The third-order valence-corrected chi connectivity index (χ3v) is 7.26. The number of aliphatic hydroxyl groups is 1. The van der Waals surface area contributed by atoms with Crippen molar-refractivity contribution in [1.82, 2.24) is 4.98 Å². The molecule has 0 spiro atoms. The van der Waals surface area contributed by atoms with E-state index in [-0.39, 0.29) is 31.6 Å². The maximum absolute atomic E-state index is 10.0. The zero-order valence-corrected chi connectivity index (χ0v) is 25.3. The van der Waals surface area contributed by atoms with Crippen molar-refractivity contribution >= 4 is 48.2 Å². The van der Waals surface area contributed by atoms with E-state index < -0.39 is 0 Å². The zero-order chi connectivity index (χ0) is 26.0. The average molecular weight is 687 g/mol. The summed E-state index contributed by atoms with van der Waals surface area (Å²) in [5.41, 5.74) is 5.83. The van der Waals surface area contributed by atoms with E-state index >= 15 is 0 Å². The number of carbonyl (C=O) groups excluding carboxylic acids is 1. The molecule has 0 aliphatic carbocycles. The van der Waals surface area contributed by atoms with Gasteiger partial charge in [0.15, 0.2) is 5.78 Å². The maximum atomic E-state index is 10.0. The third kappa shape index (κ3) is 6.35. The van der Waals surface area contributed by atoms with Gasteiger partial charge in [-0.25, -0.2) is 0 Å². The van der Waals surface area contributed by atoms with Crippen LogP contribution in [0.3, 0.4) is 0 Å². The summed E-state index contributed by atoms with van der Waals surface area (Å²) in [7, 11) is 0. The van der Waals surface area contributed by atoms with Crippen molar-refractivity contribution in [2.75, 3.05) is 0 Å². The number of thiophene rings is 1. The first-order valence-corrected chi connectivity index (χ1v) is 13.1. The number of hydrogen-bond donors (Lipinski definition) is 1. The molecule has 3 nitrogen and oxygen atoms in total. The Morgan fingerprint density at radius 1 is 0.946 bits per heavy atom. The Morgan fingerprint density at radius 3 is 2.19 bits per heavy atom. The molecule has 5 aromatic rings. The van der Waals surface area contributed by atoms with Crippen LogP contribution in [0.5, 0.6) is 0 Å². The van der Waals surface area contributed by atoms with Crippen LogP contribution in [0.4, 0.5) is 0 Å². The third-order valence-electron chi connectivity index (χ3n) is 6.08. The number of aromatic nitrogens is 1. The summed E-state index contributed by atoms with van der Waals surface area (Å²) < 4.78 is 2.57. The zero-order valence-electron chi connectivity index (χ0n) is 22.0. The summed E-state index contributed by atoms with van der Waals surface area (Å²) in [6, 6.07) is 25.5. The Kier molecular flexibility index (Phi) is 9.41. The average Bonchev–Trinajstić information content (AvgIpc) is 3.22. The van der Waals surface area contributed by atoms with Crippen LogP contribution in [0.1, 0.15) is 64.5 Å². The fourth-order valence-electron chi connectivity index (χ4n) is 4.30. The quantitative estimate of drug-likeness (QED) is 0.117. The van der Waals surface area contributed by atoms with E-state index in [9.17, 15) is 4.79 Å². The van der Waals surface area contributed by atoms with E-state index in [4.69, 9.17) is 10.1 Å². The summed E-state index contributed by atoms with van der Waals surface area (Å²) in [5, 5.41) is 12.2. The minimum Gasteiger partial charge on any atom is -0.512 e. The van der Waals surface area contributed by atoms with Crippen molar-refractivity contribution in [3.8, 4) is 11.3 Å². The van der Waals surface area contributed by atoms with Crippen LogP contribution in [0.15, 0.2) is 72.5 Å². The van der Waals surface area contributed by atoms with Crippen LogP contribution in [0.2, 0.25) is 0 Å². The first kappa shape index (κ1) is 28.7. The van der Waals surface area contributed by atoms with Crippen molar-refractivity contribution in [3.05, 3.63) is 89.7 Å². The summed E-state index contributed by atoms with van der Waals surface area (Å²) in [6.07, 6.45) is 1.17. The van der Waals surface area contributed by atoms with Gasteiger partial charge in [0.05, 0.1) is 11.3 Å². The molecule has 0 atom stereocenters. The first-order chi connectivity index (χ1) is 17.2. The normalized spacial score (nSPS) is 11.6. The number of aliphatic hydroxyl groups excluding tert-OH is 1. The number of nitrogens with zero attached hydrogens (tertiary/aromatic N) is 1. The monoisotopic (exact) mass is 687 g/mol. The van der Waals surface area contributed by atoms with Gasteiger partial charge in [0.25, 0.3) is 0 Å². The van der Waals surface area contributed by atoms with E-state index in [2.05, 4.69) is 94.4 Å². The van der Waals surface area contributed by atoms with Gasteiger partial charge in [-0.1, -0.05) is 64.1 Å². The number of carbonyl (C=O) groups is 1. The Bertz CT molecular complexity index is 1570. The van der Waals surface area contributed by atoms with Crippen molar-refractivity contribution in [3.63, 3.8) is 0 Å². The molecule has 0 aliphatic heterocycles. The van der Waals surface area contributed by atoms with Crippen LogP contribution < -0.4 is 0 Å². The molecule has 2 heterocycles. The first-order valence-electron chi connectivity index (χ1n) is 12.3. The summed E-state index contributed by atoms with van der Waals surface area (Å²) in [6.45, 7) is 11.8. The molecule has 1 N–H and O–H groups in total. The topological polar surface area (TPSA) is 50.2 Å². The number of hydrogen-bond acceptors (Lipinski definition) is 4. The minimum absolute atomic E-state index is 0. The summed E-state index contributed by atoms with van der Waals surface area (Å²) in [5.74, 6) is 0.845. The van der Waals surface area contributed by atoms with Crippen LogP contribution in [-0.2, 0) is 24.9 Å². The molecule has 2 aromatic heterocycles. The Hall–Kier alpha value is -2.85. The van der Waals surface area contributed by atoms with Gasteiger partial charge < -0.3 is 5.11 Å². The van der Waals surface area contributed by atoms with E-state index in [0.717, 1.165) is 16.8 Å². The number of allylic oxidation sites excluding steroid dienone is 2. The van der Waals surface area contributed by atoms with Gasteiger partial charge in [-0.3, -0.25) is 9.78 Å². The van der Waals surface area contributed by atoms with E-state index in [1.54, 1.807) is 0 Å². The predicted octanol–water partition coefficient (Wildman–Crippen LogP) is 9.35.